The molecule has 0 aliphatic carbocycles. The highest BCUT2D eigenvalue weighted by atomic mass is 16.5. The number of likely N-dealkylation sites (tertiary alicyclic amines) is 1. The van der Waals surface area contributed by atoms with Gasteiger partial charge in [-0.05, 0) is 48.2 Å². The number of hydrogen-bond donors (Lipinski definition) is 1. The molecule has 8 heteroatoms. The number of ether oxygens (including phenoxy) is 2. The quantitative estimate of drug-likeness (QED) is 0.650. The van der Waals surface area contributed by atoms with Gasteiger partial charge in [-0.2, -0.15) is 0 Å². The number of aryl methyl sites for hydroxylation is 1. The molecular formula is C22H23N2O6-. The van der Waals surface area contributed by atoms with E-state index in [1.54, 1.807) is 33.3 Å². The van der Waals surface area contributed by atoms with Gasteiger partial charge in [0.1, 0.15) is 6.04 Å². The van der Waals surface area contributed by atoms with Crippen molar-refractivity contribution in [1.29, 1.82) is 0 Å². The molecule has 1 atom stereocenters. The maximum Gasteiger partial charge on any atom is 0.252 e. The summed E-state index contributed by atoms with van der Waals surface area (Å²) in [5.41, 5.74) is 2.17. The molecule has 1 fully saturated rings. The van der Waals surface area contributed by atoms with Crippen molar-refractivity contribution in [2.45, 2.75) is 25.8 Å². The lowest BCUT2D eigenvalue weighted by atomic mass is 10.1. The largest absolute Gasteiger partial charge is 0.545 e. The molecule has 0 unspecified atom stereocenters. The molecule has 1 heterocycles. The number of amides is 2. The lowest BCUT2D eigenvalue weighted by Crippen LogP contribution is -2.36. The van der Waals surface area contributed by atoms with Crippen LogP contribution in [0, 0.1) is 6.92 Å². The van der Waals surface area contributed by atoms with Gasteiger partial charge in [-0.25, -0.2) is 0 Å². The highest BCUT2D eigenvalue weighted by Crippen LogP contribution is 2.28. The molecule has 2 amide bonds. The fourth-order valence-electron chi connectivity index (χ4n) is 3.40. The fourth-order valence-corrected chi connectivity index (χ4v) is 3.40. The minimum Gasteiger partial charge on any atom is -0.545 e. The molecule has 8 nitrogen and oxygen atoms in total. The number of nitrogens with zero attached hydrogens (tertiary/aromatic N) is 1. The molecule has 0 saturated carbocycles. The van der Waals surface area contributed by atoms with Crippen LogP contribution >= 0.6 is 0 Å². The van der Waals surface area contributed by atoms with Gasteiger partial charge in [0.25, 0.3) is 5.91 Å². The first-order valence-corrected chi connectivity index (χ1v) is 9.47. The van der Waals surface area contributed by atoms with Crippen LogP contribution in [0.5, 0.6) is 11.5 Å². The van der Waals surface area contributed by atoms with Crippen molar-refractivity contribution in [2.24, 2.45) is 0 Å². The molecule has 0 radical (unpaired) electrons. The first kappa shape index (κ1) is 21.2. The Kier molecular flexibility index (Phi) is 6.25. The van der Waals surface area contributed by atoms with E-state index in [0.717, 1.165) is 11.1 Å². The summed E-state index contributed by atoms with van der Waals surface area (Å²) in [5, 5.41) is 14.1. The summed E-state index contributed by atoms with van der Waals surface area (Å²) >= 11 is 0. The van der Waals surface area contributed by atoms with Crippen molar-refractivity contribution in [2.75, 3.05) is 26.1 Å². The van der Waals surface area contributed by atoms with Gasteiger partial charge in [0.05, 0.1) is 26.6 Å². The Morgan fingerprint density at radius 2 is 1.87 bits per heavy atom. The van der Waals surface area contributed by atoms with Crippen molar-refractivity contribution in [3.63, 3.8) is 0 Å². The Balaban J connectivity index is 1.68. The Morgan fingerprint density at radius 3 is 2.53 bits per heavy atom. The molecule has 0 aromatic heterocycles. The molecule has 158 valence electrons. The molecule has 1 aliphatic heterocycles. The SMILES string of the molecule is COc1ccc(CCN2C(=O)C[C@H](Nc3cc(C(=O)[O-])ccc3C)C2=O)cc1OC. The maximum absolute atomic E-state index is 12.8. The average Bonchev–Trinajstić information content (AvgIpc) is 3.00. The van der Waals surface area contributed by atoms with Gasteiger partial charge in [-0.3, -0.25) is 14.5 Å². The van der Waals surface area contributed by atoms with Gasteiger partial charge >= 0.3 is 0 Å². The fraction of sp³-hybridized carbons (Fsp3) is 0.318. The minimum atomic E-state index is -1.30. The second-order valence-corrected chi connectivity index (χ2v) is 7.04. The Hall–Kier alpha value is -3.55. The first-order chi connectivity index (χ1) is 14.3. The molecule has 1 N–H and O–H groups in total. The standard InChI is InChI=1S/C22H24N2O6/c1-13-4-6-15(22(27)28)11-16(13)23-17-12-20(25)24(21(17)26)9-8-14-5-7-18(29-2)19(10-14)30-3/h4-7,10-11,17,23H,8-9,12H2,1-3H3,(H,27,28)/p-1/t17-/m0/s1. The molecule has 1 aliphatic rings. The van der Waals surface area contributed by atoms with Crippen LogP contribution in [0.1, 0.15) is 27.9 Å². The summed E-state index contributed by atoms with van der Waals surface area (Å²) in [4.78, 5) is 37.5. The van der Waals surface area contributed by atoms with Crippen LogP contribution in [-0.2, 0) is 16.0 Å². The number of imide groups is 1. The van der Waals surface area contributed by atoms with Crippen LogP contribution in [0.4, 0.5) is 5.69 Å². The van der Waals surface area contributed by atoms with Crippen LogP contribution in [0.3, 0.4) is 0 Å². The van der Waals surface area contributed by atoms with Crippen molar-refractivity contribution in [1.82, 2.24) is 4.90 Å². The number of rotatable bonds is 8. The van der Waals surface area contributed by atoms with Gasteiger partial charge < -0.3 is 24.7 Å². The van der Waals surface area contributed by atoms with E-state index in [1.165, 1.54) is 17.0 Å². The third kappa shape index (κ3) is 4.37. The highest BCUT2D eigenvalue weighted by molar-refractivity contribution is 6.07. The number of aromatic carboxylic acids is 1. The van der Waals surface area contributed by atoms with Gasteiger partial charge in [0.2, 0.25) is 5.91 Å². The summed E-state index contributed by atoms with van der Waals surface area (Å²) in [6.45, 7) is 2.03. The summed E-state index contributed by atoms with van der Waals surface area (Å²) in [6.07, 6.45) is 0.490. The molecule has 1 saturated heterocycles. The van der Waals surface area contributed by atoms with E-state index in [2.05, 4.69) is 5.32 Å². The predicted molar refractivity (Wildman–Crippen MR) is 108 cm³/mol. The van der Waals surface area contributed by atoms with Crippen LogP contribution in [0.2, 0.25) is 0 Å². The van der Waals surface area contributed by atoms with Crippen molar-refractivity contribution >= 4 is 23.5 Å². The number of anilines is 1. The topological polar surface area (TPSA) is 108 Å². The summed E-state index contributed by atoms with van der Waals surface area (Å²) in [5.74, 6) is -0.723. The summed E-state index contributed by atoms with van der Waals surface area (Å²) in [7, 11) is 3.10. The van der Waals surface area contributed by atoms with E-state index in [4.69, 9.17) is 9.47 Å². The number of carbonyl (C=O) groups is 3. The number of carbonyl (C=O) groups excluding carboxylic acids is 3. The third-order valence-electron chi connectivity index (χ3n) is 5.12. The monoisotopic (exact) mass is 411 g/mol. The zero-order chi connectivity index (χ0) is 21.8. The third-order valence-corrected chi connectivity index (χ3v) is 5.12. The molecule has 3 rings (SSSR count). The van der Waals surface area contributed by atoms with E-state index in [9.17, 15) is 19.5 Å². The zero-order valence-corrected chi connectivity index (χ0v) is 17.1. The van der Waals surface area contributed by atoms with Crippen LogP contribution in [0.25, 0.3) is 0 Å². The zero-order valence-electron chi connectivity index (χ0n) is 17.1. The van der Waals surface area contributed by atoms with E-state index < -0.39 is 12.0 Å². The molecule has 2 aromatic carbocycles. The van der Waals surface area contributed by atoms with Crippen LogP contribution in [0.15, 0.2) is 36.4 Å². The number of carboxylic acids is 1. The number of hydrogen-bond acceptors (Lipinski definition) is 7. The molecule has 0 spiro atoms. The van der Waals surface area contributed by atoms with Crippen LogP contribution in [-0.4, -0.2) is 49.5 Å². The van der Waals surface area contributed by atoms with Gasteiger partial charge in [0.15, 0.2) is 11.5 Å². The normalized spacial score (nSPS) is 16.0. The van der Waals surface area contributed by atoms with E-state index in [1.807, 2.05) is 12.1 Å². The van der Waals surface area contributed by atoms with Crippen molar-refractivity contribution in [3.05, 3.63) is 53.1 Å². The van der Waals surface area contributed by atoms with E-state index in [-0.39, 0.29) is 30.3 Å². The molecule has 0 bridgehead atoms. The van der Waals surface area contributed by atoms with Crippen LogP contribution < -0.4 is 19.9 Å². The van der Waals surface area contributed by atoms with E-state index in [0.29, 0.717) is 23.6 Å². The molecule has 2 aromatic rings. The van der Waals surface area contributed by atoms with Crippen molar-refractivity contribution < 1.29 is 29.0 Å². The summed E-state index contributed by atoms with van der Waals surface area (Å²) in [6, 6.07) is 9.19. The highest BCUT2D eigenvalue weighted by Gasteiger charge is 2.38. The number of methoxy groups -OCH3 is 2. The molecular weight excluding hydrogens is 388 g/mol. The first-order valence-electron chi connectivity index (χ1n) is 9.47. The lowest BCUT2D eigenvalue weighted by molar-refractivity contribution is -0.255. The predicted octanol–water partition coefficient (Wildman–Crippen LogP) is 1.16. The van der Waals surface area contributed by atoms with Gasteiger partial charge in [-0.15, -0.1) is 0 Å². The average molecular weight is 411 g/mol. The maximum atomic E-state index is 12.8. The van der Waals surface area contributed by atoms with Gasteiger partial charge in [0, 0.05) is 12.2 Å². The summed E-state index contributed by atoms with van der Waals surface area (Å²) < 4.78 is 10.5. The lowest BCUT2D eigenvalue weighted by Gasteiger charge is -2.18. The van der Waals surface area contributed by atoms with E-state index >= 15 is 0 Å². The number of benzene rings is 2. The number of carboxylic acid groups (broad SMARTS) is 1. The Morgan fingerprint density at radius 1 is 1.13 bits per heavy atom. The number of nitrogens with one attached hydrogen (secondary N) is 1. The second-order valence-electron chi connectivity index (χ2n) is 7.04. The van der Waals surface area contributed by atoms with Crippen molar-refractivity contribution in [3.8, 4) is 11.5 Å². The van der Waals surface area contributed by atoms with Gasteiger partial charge in [-0.1, -0.05) is 18.2 Å². The second kappa shape index (κ2) is 8.86. The smallest absolute Gasteiger partial charge is 0.252 e. The molecule has 30 heavy (non-hydrogen) atoms. The Labute approximate surface area is 174 Å². The Bertz CT molecular complexity index is 988. The minimum absolute atomic E-state index is 0.00480.